The lowest BCUT2D eigenvalue weighted by Crippen LogP contribution is -2.02. The molecule has 0 aliphatic carbocycles. The summed E-state index contributed by atoms with van der Waals surface area (Å²) in [5, 5.41) is 8.80. The Balaban J connectivity index is 2.18. The molecule has 2 nitrogen and oxygen atoms in total. The molecule has 0 amide bonds. The van der Waals surface area contributed by atoms with Gasteiger partial charge in [-0.2, -0.15) is 11.8 Å². The molecule has 0 saturated heterocycles. The second-order valence-electron chi connectivity index (χ2n) is 4.43. The molecular formula is C14H22O2S. The molecule has 17 heavy (non-hydrogen) atoms. The van der Waals surface area contributed by atoms with Gasteiger partial charge in [0.2, 0.25) is 0 Å². The molecule has 1 N–H and O–H groups in total. The highest BCUT2D eigenvalue weighted by atomic mass is 32.2. The second-order valence-corrected chi connectivity index (χ2v) is 5.58. The van der Waals surface area contributed by atoms with Gasteiger partial charge in [0.05, 0.1) is 6.61 Å². The highest BCUT2D eigenvalue weighted by Gasteiger charge is 1.97. The van der Waals surface area contributed by atoms with E-state index in [1.807, 2.05) is 36.0 Å². The summed E-state index contributed by atoms with van der Waals surface area (Å²) < 4.78 is 5.64. The minimum atomic E-state index is 0.200. The van der Waals surface area contributed by atoms with Gasteiger partial charge in [-0.1, -0.05) is 26.0 Å². The Morgan fingerprint density at radius 2 is 1.94 bits per heavy atom. The first kappa shape index (κ1) is 14.4. The Hall–Kier alpha value is -0.670. The first-order valence-corrected chi connectivity index (χ1v) is 7.28. The van der Waals surface area contributed by atoms with Crippen LogP contribution in [0.25, 0.3) is 0 Å². The van der Waals surface area contributed by atoms with E-state index >= 15 is 0 Å². The third-order valence-corrected chi connectivity index (χ3v) is 3.63. The summed E-state index contributed by atoms with van der Waals surface area (Å²) in [7, 11) is 0. The molecule has 0 aliphatic rings. The summed E-state index contributed by atoms with van der Waals surface area (Å²) in [6.07, 6.45) is 0.713. The predicted octanol–water partition coefficient (Wildman–Crippen LogP) is 2.99. The van der Waals surface area contributed by atoms with Crippen LogP contribution in [0.1, 0.15) is 19.4 Å². The largest absolute Gasteiger partial charge is 0.493 e. The van der Waals surface area contributed by atoms with Gasteiger partial charge in [0, 0.05) is 12.4 Å². The summed E-state index contributed by atoms with van der Waals surface area (Å²) in [5.74, 6) is 3.89. The van der Waals surface area contributed by atoms with Crippen molar-refractivity contribution < 1.29 is 9.84 Å². The summed E-state index contributed by atoms with van der Waals surface area (Å²) in [6.45, 7) is 5.42. The van der Waals surface area contributed by atoms with Gasteiger partial charge >= 0.3 is 0 Å². The molecule has 0 bridgehead atoms. The van der Waals surface area contributed by atoms with Crippen molar-refractivity contribution in [1.29, 1.82) is 0 Å². The van der Waals surface area contributed by atoms with Crippen molar-refractivity contribution in [1.82, 2.24) is 0 Å². The lowest BCUT2D eigenvalue weighted by molar-refractivity contribution is 0.299. The Kier molecular flexibility index (Phi) is 7.13. The van der Waals surface area contributed by atoms with Crippen molar-refractivity contribution in [2.45, 2.75) is 20.3 Å². The summed E-state index contributed by atoms with van der Waals surface area (Å²) in [4.78, 5) is 0. The molecule has 0 unspecified atom stereocenters. The lowest BCUT2D eigenvalue weighted by atomic mass is 10.1. The number of benzene rings is 1. The third kappa shape index (κ3) is 6.59. The van der Waals surface area contributed by atoms with Crippen LogP contribution in [0.2, 0.25) is 0 Å². The van der Waals surface area contributed by atoms with E-state index in [0.717, 1.165) is 29.6 Å². The van der Waals surface area contributed by atoms with Gasteiger partial charge in [0.1, 0.15) is 5.75 Å². The second kappa shape index (κ2) is 8.43. The number of aliphatic hydroxyl groups is 1. The fourth-order valence-corrected chi connectivity index (χ4v) is 2.26. The lowest BCUT2D eigenvalue weighted by Gasteiger charge is -2.08. The van der Waals surface area contributed by atoms with E-state index in [0.29, 0.717) is 6.42 Å². The van der Waals surface area contributed by atoms with Crippen molar-refractivity contribution in [3.63, 3.8) is 0 Å². The van der Waals surface area contributed by atoms with Crippen molar-refractivity contribution in [3.05, 3.63) is 29.8 Å². The zero-order valence-corrected chi connectivity index (χ0v) is 11.5. The van der Waals surface area contributed by atoms with Crippen molar-refractivity contribution in [2.75, 3.05) is 24.7 Å². The molecule has 96 valence electrons. The molecule has 0 spiro atoms. The van der Waals surface area contributed by atoms with E-state index in [1.54, 1.807) is 0 Å². The number of hydrogen-bond donors (Lipinski definition) is 1. The van der Waals surface area contributed by atoms with Crippen LogP contribution in [0.15, 0.2) is 24.3 Å². The molecule has 0 radical (unpaired) electrons. The van der Waals surface area contributed by atoms with E-state index in [4.69, 9.17) is 9.84 Å². The number of hydrogen-bond acceptors (Lipinski definition) is 3. The number of ether oxygens (including phenoxy) is 1. The molecular weight excluding hydrogens is 232 g/mol. The van der Waals surface area contributed by atoms with Crippen LogP contribution in [0.3, 0.4) is 0 Å². The highest BCUT2D eigenvalue weighted by molar-refractivity contribution is 7.99. The first-order chi connectivity index (χ1) is 8.22. The predicted molar refractivity (Wildman–Crippen MR) is 74.9 cm³/mol. The van der Waals surface area contributed by atoms with Crippen molar-refractivity contribution in [3.8, 4) is 5.75 Å². The monoisotopic (exact) mass is 254 g/mol. The maximum atomic E-state index is 8.80. The van der Waals surface area contributed by atoms with Gasteiger partial charge < -0.3 is 9.84 Å². The van der Waals surface area contributed by atoms with Crippen LogP contribution in [0.4, 0.5) is 0 Å². The van der Waals surface area contributed by atoms with Crippen LogP contribution in [-0.2, 0) is 6.42 Å². The quantitative estimate of drug-likeness (QED) is 0.723. The fourth-order valence-electron chi connectivity index (χ4n) is 1.42. The van der Waals surface area contributed by atoms with Crippen LogP contribution in [0.5, 0.6) is 5.75 Å². The summed E-state index contributed by atoms with van der Waals surface area (Å²) >= 11 is 1.93. The highest BCUT2D eigenvalue weighted by Crippen LogP contribution is 2.13. The summed E-state index contributed by atoms with van der Waals surface area (Å²) in [6, 6.07) is 7.95. The van der Waals surface area contributed by atoms with Crippen LogP contribution < -0.4 is 4.74 Å². The standard InChI is InChI=1S/C14H22O2S/c1-12(2)11-17-10-9-16-14-5-3-13(4-6-14)7-8-15/h3-6,12,15H,7-11H2,1-2H3. The Bertz CT molecular complexity index is 296. The van der Waals surface area contributed by atoms with E-state index in [2.05, 4.69) is 13.8 Å². The van der Waals surface area contributed by atoms with E-state index in [1.165, 1.54) is 5.75 Å². The van der Waals surface area contributed by atoms with Gasteiger partial charge in [-0.05, 0) is 35.8 Å². The number of thioether (sulfide) groups is 1. The molecule has 0 heterocycles. The Morgan fingerprint density at radius 3 is 2.53 bits per heavy atom. The Morgan fingerprint density at radius 1 is 1.24 bits per heavy atom. The van der Waals surface area contributed by atoms with E-state index in [9.17, 15) is 0 Å². The zero-order valence-electron chi connectivity index (χ0n) is 10.7. The van der Waals surface area contributed by atoms with E-state index < -0.39 is 0 Å². The van der Waals surface area contributed by atoms with Gasteiger partial charge in [-0.25, -0.2) is 0 Å². The SMILES string of the molecule is CC(C)CSCCOc1ccc(CCO)cc1. The molecule has 0 aromatic heterocycles. The van der Waals surface area contributed by atoms with Crippen molar-refractivity contribution >= 4 is 11.8 Å². The average molecular weight is 254 g/mol. The van der Waals surface area contributed by atoms with Gasteiger partial charge in [0.25, 0.3) is 0 Å². The van der Waals surface area contributed by atoms with Gasteiger partial charge in [-0.15, -0.1) is 0 Å². The van der Waals surface area contributed by atoms with Crippen molar-refractivity contribution in [2.24, 2.45) is 5.92 Å². The molecule has 0 fully saturated rings. The average Bonchev–Trinajstić information content (AvgIpc) is 2.31. The molecule has 0 atom stereocenters. The molecule has 1 aromatic carbocycles. The van der Waals surface area contributed by atoms with Crippen LogP contribution in [0, 0.1) is 5.92 Å². The maximum Gasteiger partial charge on any atom is 0.119 e. The molecule has 3 heteroatoms. The van der Waals surface area contributed by atoms with E-state index in [-0.39, 0.29) is 6.61 Å². The fraction of sp³-hybridized carbons (Fsp3) is 0.571. The molecule has 0 saturated carbocycles. The first-order valence-electron chi connectivity index (χ1n) is 6.12. The van der Waals surface area contributed by atoms with Gasteiger partial charge in [-0.3, -0.25) is 0 Å². The normalized spacial score (nSPS) is 10.8. The van der Waals surface area contributed by atoms with Crippen LogP contribution in [-0.4, -0.2) is 29.8 Å². The number of aliphatic hydroxyl groups excluding tert-OH is 1. The smallest absolute Gasteiger partial charge is 0.119 e. The summed E-state index contributed by atoms with van der Waals surface area (Å²) in [5.41, 5.74) is 1.15. The zero-order chi connectivity index (χ0) is 12.5. The topological polar surface area (TPSA) is 29.5 Å². The molecule has 1 aromatic rings. The Labute approximate surface area is 108 Å². The third-order valence-electron chi connectivity index (χ3n) is 2.27. The molecule has 1 rings (SSSR count). The van der Waals surface area contributed by atoms with Gasteiger partial charge in [0.15, 0.2) is 0 Å². The number of rotatable bonds is 8. The molecule has 0 aliphatic heterocycles. The maximum absolute atomic E-state index is 8.80. The minimum Gasteiger partial charge on any atom is -0.493 e. The minimum absolute atomic E-state index is 0.200. The van der Waals surface area contributed by atoms with Crippen LogP contribution >= 0.6 is 11.8 Å².